The fourth-order valence-corrected chi connectivity index (χ4v) is 3.28. The molecule has 0 unspecified atom stereocenters. The van der Waals surface area contributed by atoms with E-state index in [1.54, 1.807) is 7.11 Å². The van der Waals surface area contributed by atoms with E-state index in [1.165, 1.54) is 0 Å². The summed E-state index contributed by atoms with van der Waals surface area (Å²) in [5.74, 6) is -0.0588. The van der Waals surface area contributed by atoms with Gasteiger partial charge in [-0.15, -0.1) is 0 Å². The van der Waals surface area contributed by atoms with Crippen LogP contribution in [0.1, 0.15) is 50.4 Å². The Morgan fingerprint density at radius 2 is 1.86 bits per heavy atom. The van der Waals surface area contributed by atoms with Crippen molar-refractivity contribution in [2.45, 2.75) is 51.6 Å². The number of para-hydroxylation sites is 1. The minimum Gasteiger partial charge on any atom is -0.385 e. The highest BCUT2D eigenvalue weighted by molar-refractivity contribution is 5.99. The van der Waals surface area contributed by atoms with Crippen LogP contribution in [0, 0.1) is 0 Å². The second kappa shape index (κ2) is 10.3. The van der Waals surface area contributed by atoms with Crippen LogP contribution in [0.3, 0.4) is 0 Å². The molecular formula is C21H34N4O3. The standard InChI is InChI=1S/C21H34N4O3/c1-21(2,3)24-20(27)23-16-10-13-25(14-11-16)18-9-6-5-8-17(18)19(26)22-12-7-15-28-4/h5-6,8-9,16H,7,10-15H2,1-4H3,(H,22,26)(H2,23,24,27). The lowest BCUT2D eigenvalue weighted by Gasteiger charge is -2.35. The maximum absolute atomic E-state index is 12.6. The van der Waals surface area contributed by atoms with Crippen LogP contribution in [0.4, 0.5) is 10.5 Å². The molecule has 1 aliphatic rings. The topological polar surface area (TPSA) is 82.7 Å². The van der Waals surface area contributed by atoms with E-state index in [-0.39, 0.29) is 23.5 Å². The molecule has 1 fully saturated rings. The van der Waals surface area contributed by atoms with Crippen molar-refractivity contribution in [2.24, 2.45) is 0 Å². The summed E-state index contributed by atoms with van der Waals surface area (Å²) in [5, 5.41) is 8.95. The van der Waals surface area contributed by atoms with Crippen LogP contribution >= 0.6 is 0 Å². The van der Waals surface area contributed by atoms with E-state index in [4.69, 9.17) is 4.74 Å². The average Bonchev–Trinajstić information content (AvgIpc) is 2.64. The molecule has 7 heteroatoms. The number of hydrogen-bond acceptors (Lipinski definition) is 4. The molecule has 0 atom stereocenters. The van der Waals surface area contributed by atoms with Crippen LogP contribution in [-0.4, -0.2) is 56.9 Å². The first-order valence-corrected chi connectivity index (χ1v) is 10.00. The molecule has 2 rings (SSSR count). The van der Waals surface area contributed by atoms with E-state index in [1.807, 2.05) is 45.0 Å². The van der Waals surface area contributed by atoms with Gasteiger partial charge >= 0.3 is 6.03 Å². The largest absolute Gasteiger partial charge is 0.385 e. The van der Waals surface area contributed by atoms with Crippen LogP contribution in [-0.2, 0) is 4.74 Å². The minimum atomic E-state index is -0.250. The molecule has 1 aromatic rings. The maximum atomic E-state index is 12.6. The monoisotopic (exact) mass is 390 g/mol. The van der Waals surface area contributed by atoms with Gasteiger partial charge in [-0.3, -0.25) is 4.79 Å². The molecule has 0 spiro atoms. The van der Waals surface area contributed by atoms with Crippen LogP contribution in [0.5, 0.6) is 0 Å². The number of nitrogens with zero attached hydrogens (tertiary/aromatic N) is 1. The maximum Gasteiger partial charge on any atom is 0.315 e. The van der Waals surface area contributed by atoms with Crippen molar-refractivity contribution in [2.75, 3.05) is 38.3 Å². The van der Waals surface area contributed by atoms with Crippen LogP contribution in [0.25, 0.3) is 0 Å². The number of amides is 3. The molecule has 3 N–H and O–H groups in total. The Morgan fingerprint density at radius 1 is 1.18 bits per heavy atom. The quantitative estimate of drug-likeness (QED) is 0.625. The summed E-state index contributed by atoms with van der Waals surface area (Å²) >= 11 is 0. The molecule has 1 aromatic carbocycles. The van der Waals surface area contributed by atoms with Crippen molar-refractivity contribution >= 4 is 17.6 Å². The van der Waals surface area contributed by atoms with E-state index in [9.17, 15) is 9.59 Å². The van der Waals surface area contributed by atoms with Gasteiger partial charge in [0, 0.05) is 50.6 Å². The number of methoxy groups -OCH3 is 1. The molecule has 28 heavy (non-hydrogen) atoms. The van der Waals surface area contributed by atoms with Gasteiger partial charge in [0.25, 0.3) is 5.91 Å². The third-order valence-corrected chi connectivity index (χ3v) is 4.62. The Kier molecular flexibility index (Phi) is 8.11. The fourth-order valence-electron chi connectivity index (χ4n) is 3.28. The third-order valence-electron chi connectivity index (χ3n) is 4.62. The Bertz CT molecular complexity index is 649. The molecule has 0 saturated carbocycles. The van der Waals surface area contributed by atoms with Crippen molar-refractivity contribution < 1.29 is 14.3 Å². The van der Waals surface area contributed by atoms with Gasteiger partial charge in [-0.1, -0.05) is 12.1 Å². The first-order chi connectivity index (χ1) is 13.3. The summed E-state index contributed by atoms with van der Waals surface area (Å²) in [7, 11) is 1.66. The highest BCUT2D eigenvalue weighted by Crippen LogP contribution is 2.24. The number of rotatable bonds is 7. The molecule has 0 aromatic heterocycles. The van der Waals surface area contributed by atoms with Gasteiger partial charge in [-0.25, -0.2) is 4.79 Å². The normalized spacial score (nSPS) is 15.2. The molecule has 0 bridgehead atoms. The molecule has 1 aliphatic heterocycles. The number of urea groups is 1. The number of anilines is 1. The highest BCUT2D eigenvalue weighted by Gasteiger charge is 2.24. The molecule has 0 aliphatic carbocycles. The lowest BCUT2D eigenvalue weighted by molar-refractivity contribution is 0.0949. The Hall–Kier alpha value is -2.28. The minimum absolute atomic E-state index is 0.0588. The summed E-state index contributed by atoms with van der Waals surface area (Å²) in [4.78, 5) is 26.9. The Labute approximate surface area is 168 Å². The lowest BCUT2D eigenvalue weighted by Crippen LogP contribution is -2.52. The van der Waals surface area contributed by atoms with Crippen molar-refractivity contribution in [1.29, 1.82) is 0 Å². The number of carbonyl (C=O) groups is 2. The van der Waals surface area contributed by atoms with E-state index in [0.29, 0.717) is 18.7 Å². The third kappa shape index (κ3) is 7.03. The number of ether oxygens (including phenoxy) is 1. The summed E-state index contributed by atoms with van der Waals surface area (Å²) < 4.78 is 5.02. The van der Waals surface area contributed by atoms with Crippen molar-refractivity contribution in [3.63, 3.8) is 0 Å². The van der Waals surface area contributed by atoms with Crippen LogP contribution in [0.15, 0.2) is 24.3 Å². The summed E-state index contributed by atoms with van der Waals surface area (Å²) in [6, 6.07) is 7.72. The fraction of sp³-hybridized carbons (Fsp3) is 0.619. The predicted octanol–water partition coefficient (Wildman–Crippen LogP) is 2.52. The molecule has 1 heterocycles. The number of carbonyl (C=O) groups excluding carboxylic acids is 2. The average molecular weight is 391 g/mol. The predicted molar refractivity (Wildman–Crippen MR) is 112 cm³/mol. The van der Waals surface area contributed by atoms with Crippen molar-refractivity contribution in [1.82, 2.24) is 16.0 Å². The SMILES string of the molecule is COCCCNC(=O)c1ccccc1N1CCC(NC(=O)NC(C)(C)C)CC1. The van der Waals surface area contributed by atoms with E-state index in [0.717, 1.165) is 38.0 Å². The van der Waals surface area contributed by atoms with Gasteiger partial charge in [-0.05, 0) is 52.2 Å². The van der Waals surface area contributed by atoms with E-state index in [2.05, 4.69) is 20.9 Å². The Morgan fingerprint density at radius 3 is 2.50 bits per heavy atom. The van der Waals surface area contributed by atoms with Crippen molar-refractivity contribution in [3.8, 4) is 0 Å². The van der Waals surface area contributed by atoms with Gasteiger partial charge in [0.15, 0.2) is 0 Å². The zero-order valence-electron chi connectivity index (χ0n) is 17.5. The molecule has 0 radical (unpaired) electrons. The molecule has 3 amide bonds. The zero-order valence-corrected chi connectivity index (χ0v) is 17.5. The van der Waals surface area contributed by atoms with Crippen LogP contribution < -0.4 is 20.9 Å². The summed E-state index contributed by atoms with van der Waals surface area (Å²) in [6.07, 6.45) is 2.49. The number of nitrogens with one attached hydrogen (secondary N) is 3. The van der Waals surface area contributed by atoms with Crippen LogP contribution in [0.2, 0.25) is 0 Å². The first-order valence-electron chi connectivity index (χ1n) is 10.00. The summed E-state index contributed by atoms with van der Waals surface area (Å²) in [5.41, 5.74) is 1.39. The number of piperidine rings is 1. The smallest absolute Gasteiger partial charge is 0.315 e. The molecule has 7 nitrogen and oxygen atoms in total. The van der Waals surface area contributed by atoms with Gasteiger partial charge < -0.3 is 25.6 Å². The highest BCUT2D eigenvalue weighted by atomic mass is 16.5. The second-order valence-electron chi connectivity index (χ2n) is 8.23. The van der Waals surface area contributed by atoms with Gasteiger partial charge in [-0.2, -0.15) is 0 Å². The molecular weight excluding hydrogens is 356 g/mol. The summed E-state index contributed by atoms with van der Waals surface area (Å²) in [6.45, 7) is 8.72. The van der Waals surface area contributed by atoms with E-state index < -0.39 is 0 Å². The van der Waals surface area contributed by atoms with Gasteiger partial charge in [0.2, 0.25) is 0 Å². The van der Waals surface area contributed by atoms with Crippen molar-refractivity contribution in [3.05, 3.63) is 29.8 Å². The second-order valence-corrected chi connectivity index (χ2v) is 8.23. The molecule has 156 valence electrons. The molecule has 1 saturated heterocycles. The number of hydrogen-bond donors (Lipinski definition) is 3. The van der Waals surface area contributed by atoms with E-state index >= 15 is 0 Å². The Balaban J connectivity index is 1.90. The lowest BCUT2D eigenvalue weighted by atomic mass is 10.0. The van der Waals surface area contributed by atoms with Gasteiger partial charge in [0.1, 0.15) is 0 Å². The first kappa shape index (κ1) is 22.0. The number of benzene rings is 1. The van der Waals surface area contributed by atoms with Gasteiger partial charge in [0.05, 0.1) is 5.56 Å². The zero-order chi connectivity index (χ0) is 20.6.